The highest BCUT2D eigenvalue weighted by atomic mass is 127. The van der Waals surface area contributed by atoms with E-state index < -0.39 is 45.6 Å². The Kier molecular flexibility index (Phi) is 7.28. The maximum absolute atomic E-state index is 13.8. The van der Waals surface area contributed by atoms with Gasteiger partial charge in [-0.25, -0.2) is 0 Å². The van der Waals surface area contributed by atoms with Crippen molar-refractivity contribution in [1.82, 2.24) is 0 Å². The van der Waals surface area contributed by atoms with E-state index in [2.05, 4.69) is 0 Å². The second-order valence-electron chi connectivity index (χ2n) is 5.51. The van der Waals surface area contributed by atoms with Crippen molar-refractivity contribution in [1.29, 1.82) is 0 Å². The predicted molar refractivity (Wildman–Crippen MR) is 72.7 cm³/mol. The summed E-state index contributed by atoms with van der Waals surface area (Å²) in [5.41, 5.74) is 0. The molecule has 0 aliphatic rings. The standard InChI is InChI=1S/C12H12F13I/c1-3-4-6(26)5(2)7(13,14)8(15,16)9(17,18)10(19,20)11(21,22)12(23,24)25/h5-6H,3-4H2,1-2H3. The lowest BCUT2D eigenvalue weighted by Crippen LogP contribution is -2.71. The molecule has 0 aromatic carbocycles. The van der Waals surface area contributed by atoms with Gasteiger partial charge < -0.3 is 0 Å². The van der Waals surface area contributed by atoms with E-state index in [4.69, 9.17) is 0 Å². The number of hydrogen-bond donors (Lipinski definition) is 0. The van der Waals surface area contributed by atoms with Crippen molar-refractivity contribution in [2.75, 3.05) is 0 Å². The molecular formula is C12H12F13I. The van der Waals surface area contributed by atoms with E-state index in [0.29, 0.717) is 0 Å². The zero-order chi connectivity index (χ0) is 21.6. The Hall–Kier alpha value is -0.180. The third kappa shape index (κ3) is 3.71. The summed E-state index contributed by atoms with van der Waals surface area (Å²) in [4.78, 5) is 0. The van der Waals surface area contributed by atoms with Gasteiger partial charge in [-0.3, -0.25) is 0 Å². The Balaban J connectivity index is 6.24. The summed E-state index contributed by atoms with van der Waals surface area (Å²) >= 11 is 1.14. The van der Waals surface area contributed by atoms with E-state index in [1.807, 2.05) is 0 Å². The molecule has 158 valence electrons. The average molecular weight is 530 g/mol. The highest BCUT2D eigenvalue weighted by molar-refractivity contribution is 14.1. The van der Waals surface area contributed by atoms with E-state index in [0.717, 1.165) is 22.6 Å². The number of halogens is 14. The van der Waals surface area contributed by atoms with E-state index >= 15 is 0 Å². The molecule has 26 heavy (non-hydrogen) atoms. The van der Waals surface area contributed by atoms with Crippen LogP contribution in [0.15, 0.2) is 0 Å². The quantitative estimate of drug-likeness (QED) is 0.181. The molecule has 0 aliphatic heterocycles. The molecule has 2 unspecified atom stereocenters. The second kappa shape index (κ2) is 7.33. The van der Waals surface area contributed by atoms with E-state index in [1.54, 1.807) is 0 Å². The Morgan fingerprint density at radius 1 is 0.654 bits per heavy atom. The van der Waals surface area contributed by atoms with Gasteiger partial charge >= 0.3 is 35.8 Å². The van der Waals surface area contributed by atoms with Crippen LogP contribution in [0.2, 0.25) is 0 Å². The number of alkyl halides is 14. The summed E-state index contributed by atoms with van der Waals surface area (Å²) in [5, 5.41) is 0. The van der Waals surface area contributed by atoms with Gasteiger partial charge in [-0.2, -0.15) is 57.1 Å². The lowest BCUT2D eigenvalue weighted by atomic mass is 9.86. The molecule has 0 amide bonds. The van der Waals surface area contributed by atoms with Crippen molar-refractivity contribution in [3.8, 4) is 0 Å². The van der Waals surface area contributed by atoms with Gasteiger partial charge in [0.1, 0.15) is 0 Å². The minimum Gasteiger partial charge on any atom is -0.199 e. The Labute approximate surface area is 152 Å². The number of hydrogen-bond acceptors (Lipinski definition) is 0. The topological polar surface area (TPSA) is 0 Å². The summed E-state index contributed by atoms with van der Waals surface area (Å²) in [5.74, 6) is -39.2. The molecule has 14 heteroatoms. The molecule has 0 nitrogen and oxygen atoms in total. The van der Waals surface area contributed by atoms with Gasteiger partial charge in [-0.15, -0.1) is 0 Å². The lowest BCUT2D eigenvalue weighted by molar-refractivity contribution is -0.442. The molecule has 0 aromatic heterocycles. The van der Waals surface area contributed by atoms with Crippen molar-refractivity contribution in [2.45, 2.75) is 66.4 Å². The van der Waals surface area contributed by atoms with Crippen LogP contribution in [0.3, 0.4) is 0 Å². The highest BCUT2D eigenvalue weighted by Crippen LogP contribution is 2.61. The minimum absolute atomic E-state index is 0.0955. The smallest absolute Gasteiger partial charge is 0.199 e. The van der Waals surface area contributed by atoms with Crippen LogP contribution in [0.5, 0.6) is 0 Å². The molecule has 0 rings (SSSR count). The van der Waals surface area contributed by atoms with Gasteiger partial charge in [0, 0.05) is 9.84 Å². The van der Waals surface area contributed by atoms with Crippen LogP contribution in [0.1, 0.15) is 26.7 Å². The summed E-state index contributed by atoms with van der Waals surface area (Å²) < 4.78 is 167. The Morgan fingerprint density at radius 3 is 1.31 bits per heavy atom. The molecule has 0 fully saturated rings. The van der Waals surface area contributed by atoms with Crippen LogP contribution in [0.25, 0.3) is 0 Å². The van der Waals surface area contributed by atoms with Crippen molar-refractivity contribution in [3.63, 3.8) is 0 Å². The zero-order valence-electron chi connectivity index (χ0n) is 12.9. The molecule has 0 radical (unpaired) electrons. The van der Waals surface area contributed by atoms with Gasteiger partial charge in [-0.05, 0) is 6.42 Å². The monoisotopic (exact) mass is 530 g/mol. The summed E-state index contributed by atoms with van der Waals surface area (Å²) in [7, 11) is 0. The lowest BCUT2D eigenvalue weighted by Gasteiger charge is -2.42. The van der Waals surface area contributed by atoms with Crippen molar-refractivity contribution >= 4 is 22.6 Å². The molecule has 2 atom stereocenters. The van der Waals surface area contributed by atoms with Crippen LogP contribution in [-0.2, 0) is 0 Å². The second-order valence-corrected chi connectivity index (χ2v) is 7.11. The molecule has 0 saturated heterocycles. The van der Waals surface area contributed by atoms with Gasteiger partial charge in [0.15, 0.2) is 0 Å². The normalized spacial score (nSPS) is 18.0. The molecule has 0 heterocycles. The first-order valence-corrected chi connectivity index (χ1v) is 7.99. The maximum atomic E-state index is 13.8. The zero-order valence-corrected chi connectivity index (χ0v) is 15.0. The summed E-state index contributed by atoms with van der Waals surface area (Å²) in [6, 6.07) is 0. The fraction of sp³-hybridized carbons (Fsp3) is 1.00. The van der Waals surface area contributed by atoms with Gasteiger partial charge in [0.2, 0.25) is 0 Å². The van der Waals surface area contributed by atoms with E-state index in [1.165, 1.54) is 6.92 Å². The van der Waals surface area contributed by atoms with Crippen LogP contribution in [-0.4, -0.2) is 39.7 Å². The maximum Gasteiger partial charge on any atom is 0.460 e. The largest absolute Gasteiger partial charge is 0.460 e. The predicted octanol–water partition coefficient (Wildman–Crippen LogP) is 6.97. The first kappa shape index (κ1) is 25.8. The third-order valence-electron chi connectivity index (χ3n) is 3.64. The van der Waals surface area contributed by atoms with E-state index in [9.17, 15) is 57.1 Å². The highest BCUT2D eigenvalue weighted by Gasteiger charge is 2.91. The van der Waals surface area contributed by atoms with Crippen molar-refractivity contribution in [2.24, 2.45) is 5.92 Å². The first-order valence-electron chi connectivity index (χ1n) is 6.74. The van der Waals surface area contributed by atoms with Crippen LogP contribution in [0.4, 0.5) is 57.1 Å². The first-order chi connectivity index (χ1) is 11.1. The van der Waals surface area contributed by atoms with Crippen LogP contribution < -0.4 is 0 Å². The fourth-order valence-corrected chi connectivity index (χ4v) is 2.89. The summed E-state index contributed by atoms with van der Waals surface area (Å²) in [6.45, 7) is 1.66. The third-order valence-corrected chi connectivity index (χ3v) is 5.34. The van der Waals surface area contributed by atoms with Gasteiger partial charge in [-0.1, -0.05) is 42.9 Å². The molecule has 0 aromatic rings. The van der Waals surface area contributed by atoms with Crippen molar-refractivity contribution < 1.29 is 57.1 Å². The van der Waals surface area contributed by atoms with Gasteiger partial charge in [0.05, 0.1) is 0 Å². The Morgan fingerprint density at radius 2 is 1.00 bits per heavy atom. The molecule has 0 aliphatic carbocycles. The SMILES string of the molecule is CCCC(I)C(C)C(F)(F)C(F)(F)C(F)(F)C(F)(F)C(F)(F)C(F)(F)F. The fourth-order valence-electron chi connectivity index (χ4n) is 1.82. The van der Waals surface area contributed by atoms with Crippen LogP contribution in [0, 0.1) is 5.92 Å². The molecule has 0 bridgehead atoms. The Bertz CT molecular complexity index is 482. The number of rotatable bonds is 8. The van der Waals surface area contributed by atoms with E-state index in [-0.39, 0.29) is 19.8 Å². The molecular weight excluding hydrogens is 518 g/mol. The molecule has 0 saturated carbocycles. The minimum atomic E-state index is -7.84. The van der Waals surface area contributed by atoms with Gasteiger partial charge in [0.25, 0.3) is 0 Å². The average Bonchev–Trinajstić information content (AvgIpc) is 2.44. The summed E-state index contributed by atoms with van der Waals surface area (Å²) in [6.07, 6.45) is -7.54. The van der Waals surface area contributed by atoms with Crippen LogP contribution >= 0.6 is 22.6 Å². The molecule has 0 N–H and O–H groups in total. The molecule has 0 spiro atoms. The van der Waals surface area contributed by atoms with Crippen molar-refractivity contribution in [3.05, 3.63) is 0 Å².